The van der Waals surface area contributed by atoms with Crippen molar-refractivity contribution in [1.29, 1.82) is 0 Å². The van der Waals surface area contributed by atoms with E-state index in [0.717, 1.165) is 35.0 Å². The highest BCUT2D eigenvalue weighted by molar-refractivity contribution is 7.99. The molecule has 0 radical (unpaired) electrons. The summed E-state index contributed by atoms with van der Waals surface area (Å²) in [5, 5.41) is 10.4. The van der Waals surface area contributed by atoms with Crippen LogP contribution in [0.5, 0.6) is 5.75 Å². The van der Waals surface area contributed by atoms with E-state index in [-0.39, 0.29) is 35.9 Å². The number of benzene rings is 3. The lowest BCUT2D eigenvalue weighted by Gasteiger charge is -2.04. The number of amides is 2. The number of aryl methyl sites for hydroxylation is 3. The second-order valence-corrected chi connectivity index (χ2v) is 9.75. The van der Waals surface area contributed by atoms with E-state index in [4.69, 9.17) is 9.15 Å². The molecule has 196 valence electrons. The van der Waals surface area contributed by atoms with Gasteiger partial charge in [0.25, 0.3) is 12.5 Å². The van der Waals surface area contributed by atoms with Crippen molar-refractivity contribution in [3.63, 3.8) is 0 Å². The summed E-state index contributed by atoms with van der Waals surface area (Å²) in [6.07, 6.45) is 0.941. The summed E-state index contributed by atoms with van der Waals surface area (Å²) in [5.74, 6) is 0.706. The molecule has 8 nitrogen and oxygen atoms in total. The Morgan fingerprint density at radius 3 is 2.03 bits per heavy atom. The Morgan fingerprint density at radius 2 is 1.45 bits per heavy atom. The maximum atomic E-state index is 12.7. The summed E-state index contributed by atoms with van der Waals surface area (Å²) in [5.41, 5.74) is 4.85. The number of nitrogens with one attached hydrogen (secondary N) is 2. The third-order valence-corrected chi connectivity index (χ3v) is 6.50. The minimum absolute atomic E-state index is 0.0685. The molecule has 1 heterocycles. The lowest BCUT2D eigenvalue weighted by atomic mass is 10.2. The Bertz CT molecular complexity index is 1370. The van der Waals surface area contributed by atoms with Crippen LogP contribution in [0.4, 0.5) is 11.4 Å². The molecule has 0 fully saturated rings. The minimum Gasteiger partial charge on any atom is -0.479 e. The SMILES string of the molecule is CCc1ccc(OCc2oc(SCC(=O)Nc3ccc(C)cc3)n[n+]2CC(=O)Nc2ccc(C)cc2)cc1. The normalized spacial score (nSPS) is 10.7. The quantitative estimate of drug-likeness (QED) is 0.207. The molecule has 0 aliphatic carbocycles. The lowest BCUT2D eigenvalue weighted by molar-refractivity contribution is -0.752. The Morgan fingerprint density at radius 1 is 0.868 bits per heavy atom. The average molecular weight is 532 g/mol. The van der Waals surface area contributed by atoms with Gasteiger partial charge < -0.3 is 19.8 Å². The zero-order chi connectivity index (χ0) is 26.9. The molecule has 0 unspecified atom stereocenters. The summed E-state index contributed by atoms with van der Waals surface area (Å²) < 4.78 is 13.3. The molecule has 0 spiro atoms. The molecule has 38 heavy (non-hydrogen) atoms. The fraction of sp³-hybridized carbons (Fsp3) is 0.241. The van der Waals surface area contributed by atoms with Gasteiger partial charge in [-0.15, -0.1) is 0 Å². The Kier molecular flexibility index (Phi) is 9.16. The van der Waals surface area contributed by atoms with Crippen molar-refractivity contribution < 1.29 is 23.4 Å². The predicted octanol–water partition coefficient (Wildman–Crippen LogP) is 5.09. The molecule has 0 aliphatic heterocycles. The number of aromatic nitrogens is 2. The molecule has 0 saturated heterocycles. The number of thioether (sulfide) groups is 1. The smallest absolute Gasteiger partial charge is 0.414 e. The second-order valence-electron chi connectivity index (χ2n) is 8.82. The molecule has 0 aliphatic rings. The summed E-state index contributed by atoms with van der Waals surface area (Å²) in [6, 6.07) is 22.9. The molecule has 4 aromatic rings. The van der Waals surface area contributed by atoms with Gasteiger partial charge in [-0.3, -0.25) is 9.59 Å². The highest BCUT2D eigenvalue weighted by atomic mass is 32.2. The van der Waals surface area contributed by atoms with Gasteiger partial charge in [-0.2, -0.15) is 0 Å². The van der Waals surface area contributed by atoms with E-state index >= 15 is 0 Å². The van der Waals surface area contributed by atoms with Crippen molar-refractivity contribution in [2.75, 3.05) is 16.4 Å². The van der Waals surface area contributed by atoms with Crippen molar-refractivity contribution in [2.45, 2.75) is 45.6 Å². The van der Waals surface area contributed by atoms with Crippen molar-refractivity contribution in [3.05, 3.63) is 95.4 Å². The average Bonchev–Trinajstić information content (AvgIpc) is 3.30. The third-order valence-electron chi connectivity index (χ3n) is 5.68. The van der Waals surface area contributed by atoms with Gasteiger partial charge in [-0.05, 0) is 66.9 Å². The molecule has 4 rings (SSSR count). The molecule has 9 heteroatoms. The third kappa shape index (κ3) is 7.94. The van der Waals surface area contributed by atoms with Crippen LogP contribution in [0.2, 0.25) is 0 Å². The number of nitrogens with zero attached hydrogens (tertiary/aromatic N) is 2. The van der Waals surface area contributed by atoms with E-state index in [2.05, 4.69) is 22.7 Å². The predicted molar refractivity (Wildman–Crippen MR) is 147 cm³/mol. The number of carbonyl (C=O) groups excluding carboxylic acids is 2. The number of anilines is 2. The van der Waals surface area contributed by atoms with E-state index in [0.29, 0.717) is 17.3 Å². The first-order chi connectivity index (χ1) is 18.4. The molecule has 0 bridgehead atoms. The van der Waals surface area contributed by atoms with Crippen LogP contribution in [0.15, 0.2) is 82.4 Å². The van der Waals surface area contributed by atoms with E-state index < -0.39 is 0 Å². The number of rotatable bonds is 11. The van der Waals surface area contributed by atoms with Gasteiger partial charge in [-0.25, -0.2) is 0 Å². The van der Waals surface area contributed by atoms with E-state index in [1.165, 1.54) is 10.2 Å². The highest BCUT2D eigenvalue weighted by Gasteiger charge is 2.26. The molecule has 2 N–H and O–H groups in total. The molecular weight excluding hydrogens is 500 g/mol. The molecule has 1 aromatic heterocycles. The van der Waals surface area contributed by atoms with Gasteiger partial charge in [-0.1, -0.05) is 66.2 Å². The van der Waals surface area contributed by atoms with Gasteiger partial charge in [0.2, 0.25) is 12.5 Å². The summed E-state index contributed by atoms with van der Waals surface area (Å²) in [4.78, 5) is 25.2. The first-order valence-electron chi connectivity index (χ1n) is 12.4. The number of ether oxygens (including phenoxy) is 1. The Labute approximate surface area is 226 Å². The molecule has 3 aromatic carbocycles. The van der Waals surface area contributed by atoms with Gasteiger partial charge >= 0.3 is 11.1 Å². The first kappa shape index (κ1) is 26.9. The van der Waals surface area contributed by atoms with Gasteiger partial charge in [0.15, 0.2) is 0 Å². The van der Waals surface area contributed by atoms with Crippen molar-refractivity contribution >= 4 is 35.0 Å². The molecular formula is C29H31N4O4S+. The zero-order valence-corrected chi connectivity index (χ0v) is 22.5. The second kappa shape index (κ2) is 12.9. The Hall–Kier alpha value is -4.11. The van der Waals surface area contributed by atoms with Crippen LogP contribution in [-0.4, -0.2) is 22.7 Å². The topological polar surface area (TPSA) is 97.3 Å². The van der Waals surface area contributed by atoms with E-state index in [1.54, 1.807) is 0 Å². The molecule has 2 amide bonds. The van der Waals surface area contributed by atoms with Crippen LogP contribution < -0.4 is 20.1 Å². The highest BCUT2D eigenvalue weighted by Crippen LogP contribution is 2.19. The largest absolute Gasteiger partial charge is 0.479 e. The first-order valence-corrected chi connectivity index (χ1v) is 13.3. The number of carbonyl (C=O) groups is 2. The van der Waals surface area contributed by atoms with Crippen LogP contribution in [0, 0.1) is 13.8 Å². The van der Waals surface area contributed by atoms with Crippen molar-refractivity contribution in [3.8, 4) is 5.75 Å². The summed E-state index contributed by atoms with van der Waals surface area (Å²) in [7, 11) is 0. The lowest BCUT2D eigenvalue weighted by Crippen LogP contribution is -2.45. The summed E-state index contributed by atoms with van der Waals surface area (Å²) >= 11 is 1.15. The Balaban J connectivity index is 1.42. The fourth-order valence-electron chi connectivity index (χ4n) is 3.52. The van der Waals surface area contributed by atoms with Crippen molar-refractivity contribution in [2.24, 2.45) is 0 Å². The maximum absolute atomic E-state index is 12.7. The fourth-order valence-corrected chi connectivity index (χ4v) is 4.15. The number of hydrogen-bond donors (Lipinski definition) is 2. The summed E-state index contributed by atoms with van der Waals surface area (Å²) in [6.45, 7) is 6.07. The van der Waals surface area contributed by atoms with Crippen LogP contribution in [0.1, 0.15) is 29.5 Å². The molecule has 0 saturated carbocycles. The van der Waals surface area contributed by atoms with Crippen molar-refractivity contribution in [1.82, 2.24) is 5.10 Å². The van der Waals surface area contributed by atoms with Crippen LogP contribution in [-0.2, 0) is 29.2 Å². The number of hydrogen-bond acceptors (Lipinski definition) is 6. The molecule has 0 atom stereocenters. The van der Waals surface area contributed by atoms with Gasteiger partial charge in [0.05, 0.1) is 10.9 Å². The van der Waals surface area contributed by atoms with E-state index in [9.17, 15) is 9.59 Å². The van der Waals surface area contributed by atoms with Gasteiger partial charge in [0, 0.05) is 11.4 Å². The van der Waals surface area contributed by atoms with Gasteiger partial charge in [0.1, 0.15) is 5.75 Å². The maximum Gasteiger partial charge on any atom is 0.414 e. The van der Waals surface area contributed by atoms with Crippen LogP contribution in [0.3, 0.4) is 0 Å². The van der Waals surface area contributed by atoms with E-state index in [1.807, 2.05) is 86.6 Å². The van der Waals surface area contributed by atoms with Crippen LogP contribution in [0.25, 0.3) is 0 Å². The zero-order valence-electron chi connectivity index (χ0n) is 21.7. The monoisotopic (exact) mass is 531 g/mol. The minimum atomic E-state index is -0.255. The van der Waals surface area contributed by atoms with Crippen LogP contribution >= 0.6 is 11.8 Å². The standard InChI is InChI=1S/C29H30N4O4S/c1-4-22-9-15-25(16-10-22)36-18-28-33(17-26(34)30-23-11-5-20(2)6-12-23)32-29(37-28)38-19-27(35)31-24-13-7-21(3)8-14-24/h5-16H,4,17-19H2,1-3H3,(H-,30,31,34,35)/p+1.